The SMILES string of the molecule is CCC(CC)n1nc(OC(=O)NC2COc3ccccc32)c2cc(OC)c(OC)cc2c1=O. The van der Waals surface area contributed by atoms with E-state index >= 15 is 0 Å². The third-order valence-corrected chi connectivity index (χ3v) is 5.86. The molecule has 0 bridgehead atoms. The Morgan fingerprint density at radius 1 is 1.15 bits per heavy atom. The first-order valence-corrected chi connectivity index (χ1v) is 10.9. The minimum absolute atomic E-state index is 0.0159. The number of para-hydroxylation sites is 1. The summed E-state index contributed by atoms with van der Waals surface area (Å²) in [7, 11) is 2.99. The van der Waals surface area contributed by atoms with Gasteiger partial charge in [0.25, 0.3) is 5.56 Å². The standard InChI is InChI=1S/C24H27N3O6/c1-5-14(6-2)27-23(28)17-12-21(31-4)20(30-3)11-16(17)22(26-27)33-24(29)25-18-13-32-19-10-8-7-9-15(18)19/h7-12,14,18H,5-6,13H2,1-4H3,(H,25,29). The van der Waals surface area contributed by atoms with Gasteiger partial charge in [-0.1, -0.05) is 32.0 Å². The highest BCUT2D eigenvalue weighted by Crippen LogP contribution is 2.35. The number of nitrogens with zero attached hydrogens (tertiary/aromatic N) is 2. The van der Waals surface area contributed by atoms with Gasteiger partial charge in [0.2, 0.25) is 5.88 Å². The molecule has 4 rings (SSSR count). The maximum Gasteiger partial charge on any atom is 0.414 e. The minimum Gasteiger partial charge on any atom is -0.493 e. The number of benzene rings is 2. The lowest BCUT2D eigenvalue weighted by Gasteiger charge is -2.19. The number of amides is 1. The molecule has 0 spiro atoms. The topological polar surface area (TPSA) is 101 Å². The first-order valence-electron chi connectivity index (χ1n) is 10.9. The van der Waals surface area contributed by atoms with Crippen molar-refractivity contribution in [1.82, 2.24) is 15.1 Å². The number of nitrogens with one attached hydrogen (secondary N) is 1. The molecule has 0 saturated heterocycles. The summed E-state index contributed by atoms with van der Waals surface area (Å²) in [6.45, 7) is 4.26. The van der Waals surface area contributed by atoms with Crippen LogP contribution in [0, 0.1) is 0 Å². The van der Waals surface area contributed by atoms with Gasteiger partial charge in [-0.2, -0.15) is 0 Å². The van der Waals surface area contributed by atoms with Gasteiger partial charge in [0.05, 0.1) is 37.1 Å². The number of rotatable bonds is 7. The van der Waals surface area contributed by atoms with Crippen LogP contribution in [0.15, 0.2) is 41.2 Å². The largest absolute Gasteiger partial charge is 0.493 e. The molecule has 1 unspecified atom stereocenters. The second-order valence-corrected chi connectivity index (χ2v) is 7.71. The maximum atomic E-state index is 13.2. The summed E-state index contributed by atoms with van der Waals surface area (Å²) in [4.78, 5) is 26.1. The van der Waals surface area contributed by atoms with E-state index in [-0.39, 0.29) is 23.5 Å². The van der Waals surface area contributed by atoms with Gasteiger partial charge in [0.1, 0.15) is 12.4 Å². The van der Waals surface area contributed by atoms with Crippen molar-refractivity contribution in [2.75, 3.05) is 20.8 Å². The highest BCUT2D eigenvalue weighted by Gasteiger charge is 2.27. The van der Waals surface area contributed by atoms with Crippen molar-refractivity contribution < 1.29 is 23.7 Å². The van der Waals surface area contributed by atoms with Gasteiger partial charge in [-0.15, -0.1) is 5.10 Å². The Bertz CT molecular complexity index is 1230. The van der Waals surface area contributed by atoms with Gasteiger partial charge in [-0.25, -0.2) is 9.48 Å². The van der Waals surface area contributed by atoms with Crippen LogP contribution in [0.1, 0.15) is 44.3 Å². The Hall–Kier alpha value is -3.75. The van der Waals surface area contributed by atoms with Crippen LogP contribution < -0.4 is 29.8 Å². The highest BCUT2D eigenvalue weighted by atomic mass is 16.6. The number of carbonyl (C=O) groups is 1. The Balaban J connectivity index is 1.74. The molecule has 1 atom stereocenters. The molecule has 9 nitrogen and oxygen atoms in total. The van der Waals surface area contributed by atoms with Gasteiger partial charge in [-0.05, 0) is 31.0 Å². The Morgan fingerprint density at radius 3 is 2.48 bits per heavy atom. The Morgan fingerprint density at radius 2 is 1.82 bits per heavy atom. The number of ether oxygens (including phenoxy) is 4. The van der Waals surface area contributed by atoms with Crippen molar-refractivity contribution in [2.45, 2.75) is 38.8 Å². The summed E-state index contributed by atoms with van der Waals surface area (Å²) in [6, 6.07) is 10.2. The van der Waals surface area contributed by atoms with Gasteiger partial charge < -0.3 is 24.3 Å². The third kappa shape index (κ3) is 4.18. The molecule has 2 aromatic carbocycles. The molecule has 9 heteroatoms. The number of methoxy groups -OCH3 is 2. The molecule has 0 fully saturated rings. The molecule has 1 amide bonds. The predicted molar refractivity (Wildman–Crippen MR) is 123 cm³/mol. The van der Waals surface area contributed by atoms with Crippen LogP contribution in [0.5, 0.6) is 23.1 Å². The minimum atomic E-state index is -0.696. The van der Waals surface area contributed by atoms with Crippen LogP contribution >= 0.6 is 0 Å². The van der Waals surface area contributed by atoms with E-state index in [2.05, 4.69) is 10.4 Å². The molecule has 0 radical (unpaired) electrons. The van der Waals surface area contributed by atoms with Crippen LogP contribution in [0.4, 0.5) is 4.79 Å². The van der Waals surface area contributed by atoms with E-state index < -0.39 is 6.09 Å². The van der Waals surface area contributed by atoms with E-state index in [0.717, 1.165) is 11.3 Å². The normalized spacial score (nSPS) is 14.6. The van der Waals surface area contributed by atoms with E-state index in [0.29, 0.717) is 41.7 Å². The van der Waals surface area contributed by atoms with Crippen LogP contribution in [-0.2, 0) is 0 Å². The summed E-state index contributed by atoms with van der Waals surface area (Å²) in [5.41, 5.74) is 0.589. The van der Waals surface area contributed by atoms with Gasteiger partial charge in [0, 0.05) is 5.56 Å². The van der Waals surface area contributed by atoms with Crippen LogP contribution in [-0.4, -0.2) is 36.7 Å². The molecule has 1 aromatic heterocycles. The summed E-state index contributed by atoms with van der Waals surface area (Å²) in [5.74, 6) is 1.54. The highest BCUT2D eigenvalue weighted by molar-refractivity contribution is 5.90. The van der Waals surface area contributed by atoms with Crippen molar-refractivity contribution in [1.29, 1.82) is 0 Å². The number of carbonyl (C=O) groups excluding carboxylic acids is 1. The first-order chi connectivity index (χ1) is 16.0. The maximum absolute atomic E-state index is 13.2. The lowest BCUT2D eigenvalue weighted by Crippen LogP contribution is -2.33. The zero-order valence-corrected chi connectivity index (χ0v) is 19.1. The number of aromatic nitrogens is 2. The van der Waals surface area contributed by atoms with Crippen molar-refractivity contribution in [3.05, 3.63) is 52.3 Å². The summed E-state index contributed by atoms with van der Waals surface area (Å²) >= 11 is 0. The van der Waals surface area contributed by atoms with Crippen LogP contribution in [0.2, 0.25) is 0 Å². The average molecular weight is 453 g/mol. The molecule has 0 aliphatic carbocycles. The fraction of sp³-hybridized carbons (Fsp3) is 0.375. The van der Waals surface area contributed by atoms with Gasteiger partial charge in [0.15, 0.2) is 11.5 Å². The van der Waals surface area contributed by atoms with Crippen LogP contribution in [0.25, 0.3) is 10.8 Å². The fourth-order valence-electron chi connectivity index (χ4n) is 4.05. The van der Waals surface area contributed by atoms with Crippen molar-refractivity contribution >= 4 is 16.9 Å². The van der Waals surface area contributed by atoms with Gasteiger partial charge in [-0.3, -0.25) is 4.79 Å². The van der Waals surface area contributed by atoms with Crippen molar-refractivity contribution in [3.8, 4) is 23.1 Å². The van der Waals surface area contributed by atoms with E-state index in [1.807, 2.05) is 38.1 Å². The Labute approximate surface area is 191 Å². The lowest BCUT2D eigenvalue weighted by molar-refractivity contribution is 0.189. The van der Waals surface area contributed by atoms with Crippen molar-refractivity contribution in [3.63, 3.8) is 0 Å². The predicted octanol–water partition coefficient (Wildman–Crippen LogP) is 4.00. The summed E-state index contributed by atoms with van der Waals surface area (Å²) < 4.78 is 23.4. The molecule has 0 saturated carbocycles. The second kappa shape index (κ2) is 9.40. The molecule has 174 valence electrons. The fourth-order valence-corrected chi connectivity index (χ4v) is 4.05. The second-order valence-electron chi connectivity index (χ2n) is 7.71. The van der Waals surface area contributed by atoms with Crippen LogP contribution in [0.3, 0.4) is 0 Å². The molecule has 1 N–H and O–H groups in total. The van der Waals surface area contributed by atoms with E-state index in [9.17, 15) is 9.59 Å². The average Bonchev–Trinajstić information content (AvgIpc) is 3.24. The monoisotopic (exact) mass is 453 g/mol. The number of hydrogen-bond acceptors (Lipinski definition) is 7. The number of fused-ring (bicyclic) bond motifs is 2. The quantitative estimate of drug-likeness (QED) is 0.577. The lowest BCUT2D eigenvalue weighted by atomic mass is 10.1. The smallest absolute Gasteiger partial charge is 0.414 e. The zero-order chi connectivity index (χ0) is 23.5. The summed E-state index contributed by atoms with van der Waals surface area (Å²) in [5, 5.41) is 7.93. The molecule has 1 aliphatic heterocycles. The summed E-state index contributed by atoms with van der Waals surface area (Å²) in [6.07, 6.45) is 0.701. The molecule has 1 aliphatic rings. The molecular formula is C24H27N3O6. The third-order valence-electron chi connectivity index (χ3n) is 5.86. The molecular weight excluding hydrogens is 426 g/mol. The van der Waals surface area contributed by atoms with Crippen molar-refractivity contribution in [2.24, 2.45) is 0 Å². The van der Waals surface area contributed by atoms with Gasteiger partial charge >= 0.3 is 6.09 Å². The molecule has 33 heavy (non-hydrogen) atoms. The van der Waals surface area contributed by atoms with E-state index in [4.69, 9.17) is 18.9 Å². The molecule has 3 aromatic rings. The molecule has 2 heterocycles. The Kier molecular flexibility index (Phi) is 6.39. The first kappa shape index (κ1) is 22.4. The number of hydrogen-bond donors (Lipinski definition) is 1. The van der Waals surface area contributed by atoms with E-state index in [1.165, 1.54) is 18.9 Å². The van der Waals surface area contributed by atoms with E-state index in [1.54, 1.807) is 12.1 Å². The zero-order valence-electron chi connectivity index (χ0n) is 19.1.